The zero-order valence-corrected chi connectivity index (χ0v) is 13.6. The molecule has 0 aliphatic rings. The summed E-state index contributed by atoms with van der Waals surface area (Å²) in [5.74, 6) is 0. The maximum atomic E-state index is 5.66. The molecular weight excluding hydrogens is 284 g/mol. The van der Waals surface area contributed by atoms with Gasteiger partial charge in [0.15, 0.2) is 0 Å². The summed E-state index contributed by atoms with van der Waals surface area (Å²) in [5.41, 5.74) is 9.19. The van der Waals surface area contributed by atoms with E-state index >= 15 is 0 Å². The average Bonchev–Trinajstić information content (AvgIpc) is 2.91. The monoisotopic (exact) mass is 304 g/mol. The van der Waals surface area contributed by atoms with Crippen LogP contribution in [0.5, 0.6) is 0 Å². The molecule has 4 heteroatoms. The standard InChI is InChI=1S/C16H20N2S2/c1-12-10-13(16(17)19)5-6-14(12)11-18(2)8-7-15-4-3-9-20-15/h3-6,9-10H,7-8,11H2,1-2H3,(H2,17,19). The molecule has 1 aromatic carbocycles. The van der Waals surface area contributed by atoms with E-state index in [4.69, 9.17) is 18.0 Å². The molecule has 1 heterocycles. The highest BCUT2D eigenvalue weighted by atomic mass is 32.1. The highest BCUT2D eigenvalue weighted by molar-refractivity contribution is 7.80. The molecule has 0 amide bonds. The summed E-state index contributed by atoms with van der Waals surface area (Å²) >= 11 is 6.83. The Morgan fingerprint density at radius 3 is 2.75 bits per heavy atom. The van der Waals surface area contributed by atoms with Crippen LogP contribution in [0.15, 0.2) is 35.7 Å². The summed E-state index contributed by atoms with van der Waals surface area (Å²) in [6.45, 7) is 4.13. The van der Waals surface area contributed by atoms with Crippen LogP contribution in [0.3, 0.4) is 0 Å². The van der Waals surface area contributed by atoms with E-state index in [1.54, 1.807) is 0 Å². The lowest BCUT2D eigenvalue weighted by Gasteiger charge is -2.18. The lowest BCUT2D eigenvalue weighted by atomic mass is 10.0. The molecule has 0 saturated carbocycles. The van der Waals surface area contributed by atoms with E-state index in [1.807, 2.05) is 17.4 Å². The Balaban J connectivity index is 1.93. The molecule has 0 atom stereocenters. The lowest BCUT2D eigenvalue weighted by Crippen LogP contribution is -2.21. The normalized spacial score (nSPS) is 10.9. The fourth-order valence-electron chi connectivity index (χ4n) is 2.15. The number of aryl methyl sites for hydroxylation is 1. The number of thiocarbonyl (C=S) groups is 1. The summed E-state index contributed by atoms with van der Waals surface area (Å²) in [6.07, 6.45) is 1.11. The van der Waals surface area contributed by atoms with Gasteiger partial charge in [0, 0.05) is 23.5 Å². The third kappa shape index (κ3) is 4.13. The van der Waals surface area contributed by atoms with Gasteiger partial charge in [-0.2, -0.15) is 0 Å². The van der Waals surface area contributed by atoms with Crippen molar-refractivity contribution >= 4 is 28.5 Å². The maximum Gasteiger partial charge on any atom is 0.103 e. The molecule has 0 unspecified atom stereocenters. The van der Waals surface area contributed by atoms with Crippen LogP contribution in [0, 0.1) is 6.92 Å². The fourth-order valence-corrected chi connectivity index (χ4v) is 2.98. The van der Waals surface area contributed by atoms with Crippen LogP contribution in [0.2, 0.25) is 0 Å². The summed E-state index contributed by atoms with van der Waals surface area (Å²) < 4.78 is 0. The van der Waals surface area contributed by atoms with Crippen molar-refractivity contribution < 1.29 is 0 Å². The van der Waals surface area contributed by atoms with Gasteiger partial charge in [-0.3, -0.25) is 0 Å². The molecule has 2 N–H and O–H groups in total. The van der Waals surface area contributed by atoms with Gasteiger partial charge in [-0.15, -0.1) is 11.3 Å². The Hall–Kier alpha value is -1.23. The van der Waals surface area contributed by atoms with E-state index in [-0.39, 0.29) is 0 Å². The maximum absolute atomic E-state index is 5.66. The Bertz CT molecular complexity index is 576. The van der Waals surface area contributed by atoms with E-state index in [9.17, 15) is 0 Å². The van der Waals surface area contributed by atoms with Gasteiger partial charge in [0.2, 0.25) is 0 Å². The first-order valence-corrected chi connectivity index (χ1v) is 7.95. The van der Waals surface area contributed by atoms with E-state index in [0.29, 0.717) is 4.99 Å². The molecule has 0 fully saturated rings. The SMILES string of the molecule is Cc1cc(C(N)=S)ccc1CN(C)CCc1cccs1. The number of nitrogens with zero attached hydrogens (tertiary/aromatic N) is 1. The van der Waals surface area contributed by atoms with E-state index < -0.39 is 0 Å². The van der Waals surface area contributed by atoms with Crippen molar-refractivity contribution in [1.82, 2.24) is 4.90 Å². The van der Waals surface area contributed by atoms with Crippen LogP contribution >= 0.6 is 23.6 Å². The number of benzene rings is 1. The average molecular weight is 304 g/mol. The van der Waals surface area contributed by atoms with Crippen molar-refractivity contribution in [1.29, 1.82) is 0 Å². The van der Waals surface area contributed by atoms with Crippen LogP contribution in [0.4, 0.5) is 0 Å². The van der Waals surface area contributed by atoms with Crippen LogP contribution in [0.25, 0.3) is 0 Å². The molecule has 1 aromatic heterocycles. The Morgan fingerprint density at radius 2 is 2.15 bits per heavy atom. The molecule has 0 saturated heterocycles. The Kier molecular flexibility index (Phi) is 5.29. The van der Waals surface area contributed by atoms with Crippen LogP contribution in [-0.4, -0.2) is 23.5 Å². The fraction of sp³-hybridized carbons (Fsp3) is 0.312. The molecule has 2 aromatic rings. The van der Waals surface area contributed by atoms with Gasteiger partial charge in [-0.1, -0.05) is 30.4 Å². The van der Waals surface area contributed by atoms with Crippen molar-refractivity contribution in [3.8, 4) is 0 Å². The Morgan fingerprint density at radius 1 is 1.35 bits per heavy atom. The van der Waals surface area contributed by atoms with Crippen molar-refractivity contribution in [3.63, 3.8) is 0 Å². The first-order chi connectivity index (χ1) is 9.56. The largest absolute Gasteiger partial charge is 0.389 e. The van der Waals surface area contributed by atoms with Gasteiger partial charge >= 0.3 is 0 Å². The minimum atomic E-state index is 0.464. The topological polar surface area (TPSA) is 29.3 Å². The molecule has 106 valence electrons. The van der Waals surface area contributed by atoms with Gasteiger partial charge in [0.25, 0.3) is 0 Å². The highest BCUT2D eigenvalue weighted by Gasteiger charge is 2.06. The van der Waals surface area contributed by atoms with E-state index in [1.165, 1.54) is 16.0 Å². The number of nitrogens with two attached hydrogens (primary N) is 1. The van der Waals surface area contributed by atoms with Crippen molar-refractivity contribution in [2.24, 2.45) is 5.73 Å². The van der Waals surface area contributed by atoms with Crippen LogP contribution in [-0.2, 0) is 13.0 Å². The van der Waals surface area contributed by atoms with Crippen LogP contribution < -0.4 is 5.73 Å². The molecule has 0 aliphatic heterocycles. The van der Waals surface area contributed by atoms with Gasteiger partial charge in [0.1, 0.15) is 4.99 Å². The number of hydrogen-bond donors (Lipinski definition) is 1. The quantitative estimate of drug-likeness (QED) is 0.830. The number of likely N-dealkylation sites (N-methyl/N-ethyl adjacent to an activating group) is 1. The molecule has 0 spiro atoms. The number of hydrogen-bond acceptors (Lipinski definition) is 3. The molecule has 0 aliphatic carbocycles. The van der Waals surface area contributed by atoms with E-state index in [0.717, 1.165) is 25.1 Å². The second-order valence-corrected chi connectivity index (χ2v) is 6.54. The zero-order chi connectivity index (χ0) is 14.5. The molecule has 20 heavy (non-hydrogen) atoms. The molecule has 2 nitrogen and oxygen atoms in total. The third-order valence-electron chi connectivity index (χ3n) is 3.39. The van der Waals surface area contributed by atoms with Gasteiger partial charge in [-0.05, 0) is 49.0 Å². The van der Waals surface area contributed by atoms with E-state index in [2.05, 4.69) is 48.5 Å². The van der Waals surface area contributed by atoms with Gasteiger partial charge in [-0.25, -0.2) is 0 Å². The van der Waals surface area contributed by atoms with Crippen molar-refractivity contribution in [2.75, 3.05) is 13.6 Å². The zero-order valence-electron chi connectivity index (χ0n) is 11.9. The first kappa shape index (κ1) is 15.2. The van der Waals surface area contributed by atoms with Crippen molar-refractivity contribution in [2.45, 2.75) is 19.9 Å². The summed E-state index contributed by atoms with van der Waals surface area (Å²) in [5, 5.41) is 2.13. The first-order valence-electron chi connectivity index (χ1n) is 6.66. The predicted octanol–water partition coefficient (Wildman–Crippen LogP) is 3.37. The molecular formula is C16H20N2S2. The van der Waals surface area contributed by atoms with Crippen LogP contribution in [0.1, 0.15) is 21.6 Å². The minimum absolute atomic E-state index is 0.464. The Labute approximate surface area is 130 Å². The minimum Gasteiger partial charge on any atom is -0.389 e. The van der Waals surface area contributed by atoms with Gasteiger partial charge < -0.3 is 10.6 Å². The van der Waals surface area contributed by atoms with Crippen molar-refractivity contribution in [3.05, 3.63) is 57.3 Å². The predicted molar refractivity (Wildman–Crippen MR) is 91.4 cm³/mol. The third-order valence-corrected chi connectivity index (χ3v) is 4.56. The second-order valence-electron chi connectivity index (χ2n) is 5.07. The summed E-state index contributed by atoms with van der Waals surface area (Å²) in [6, 6.07) is 10.5. The lowest BCUT2D eigenvalue weighted by molar-refractivity contribution is 0.331. The summed E-state index contributed by atoms with van der Waals surface area (Å²) in [4.78, 5) is 4.26. The second kappa shape index (κ2) is 6.97. The molecule has 0 radical (unpaired) electrons. The number of rotatable bonds is 6. The van der Waals surface area contributed by atoms with Gasteiger partial charge in [0.05, 0.1) is 0 Å². The summed E-state index contributed by atoms with van der Waals surface area (Å²) in [7, 11) is 2.16. The molecule has 0 bridgehead atoms. The number of thiophene rings is 1. The highest BCUT2D eigenvalue weighted by Crippen LogP contribution is 2.14. The molecule has 2 rings (SSSR count). The smallest absolute Gasteiger partial charge is 0.103 e.